The summed E-state index contributed by atoms with van der Waals surface area (Å²) in [5.74, 6) is 1.74. The van der Waals surface area contributed by atoms with E-state index in [1.165, 1.54) is 32.1 Å². The summed E-state index contributed by atoms with van der Waals surface area (Å²) >= 11 is 0. The molecule has 5 nitrogen and oxygen atoms in total. The molecule has 0 aliphatic heterocycles. The second-order valence-corrected chi connectivity index (χ2v) is 7.27. The molecule has 1 fully saturated rings. The Morgan fingerprint density at radius 3 is 2.58 bits per heavy atom. The van der Waals surface area contributed by atoms with Gasteiger partial charge in [-0.05, 0) is 46.0 Å². The number of nitrogens with zero attached hydrogens (tertiary/aromatic N) is 3. The van der Waals surface area contributed by atoms with E-state index in [1.54, 1.807) is 0 Å². The van der Waals surface area contributed by atoms with Crippen LogP contribution in [0.2, 0.25) is 0 Å². The van der Waals surface area contributed by atoms with Gasteiger partial charge < -0.3 is 20.5 Å². The highest BCUT2D eigenvalue weighted by molar-refractivity contribution is 5.87. The molecule has 0 unspecified atom stereocenters. The van der Waals surface area contributed by atoms with E-state index >= 15 is 0 Å². The molecule has 0 saturated heterocycles. The van der Waals surface area contributed by atoms with Crippen molar-refractivity contribution in [1.82, 2.24) is 14.9 Å². The Kier molecular flexibility index (Phi) is 5.29. The van der Waals surface area contributed by atoms with E-state index < -0.39 is 0 Å². The first kappa shape index (κ1) is 17.1. The molecule has 24 heavy (non-hydrogen) atoms. The number of fused-ring (bicyclic) bond motifs is 1. The minimum atomic E-state index is 0.590. The van der Waals surface area contributed by atoms with Gasteiger partial charge in [-0.15, -0.1) is 0 Å². The summed E-state index contributed by atoms with van der Waals surface area (Å²) in [7, 11) is 4.20. The number of aromatic nitrogens is 2. The Morgan fingerprint density at radius 1 is 1.17 bits per heavy atom. The summed E-state index contributed by atoms with van der Waals surface area (Å²) in [5, 5.41) is 0. The zero-order valence-electron chi connectivity index (χ0n) is 15.3. The predicted octanol–water partition coefficient (Wildman–Crippen LogP) is 3.58. The number of nitrogens with two attached hydrogens (primary N) is 1. The second kappa shape index (κ2) is 7.43. The molecule has 1 saturated carbocycles. The van der Waals surface area contributed by atoms with Crippen LogP contribution in [0, 0.1) is 0 Å². The van der Waals surface area contributed by atoms with Gasteiger partial charge in [0.2, 0.25) is 0 Å². The molecule has 3 rings (SSSR count). The van der Waals surface area contributed by atoms with Crippen molar-refractivity contribution in [2.24, 2.45) is 0 Å². The quantitative estimate of drug-likeness (QED) is 0.795. The van der Waals surface area contributed by atoms with Gasteiger partial charge in [-0.1, -0.05) is 19.3 Å². The van der Waals surface area contributed by atoms with Crippen molar-refractivity contribution in [3.63, 3.8) is 0 Å². The maximum atomic E-state index is 6.35. The molecule has 5 heteroatoms. The fraction of sp³-hybridized carbons (Fsp3) is 0.632. The van der Waals surface area contributed by atoms with E-state index in [0.29, 0.717) is 5.92 Å². The van der Waals surface area contributed by atoms with Gasteiger partial charge in [-0.25, -0.2) is 4.98 Å². The van der Waals surface area contributed by atoms with Crippen LogP contribution in [0.3, 0.4) is 0 Å². The van der Waals surface area contributed by atoms with Gasteiger partial charge in [-0.3, -0.25) is 0 Å². The lowest BCUT2D eigenvalue weighted by Gasteiger charge is -2.26. The number of aromatic amines is 1. The molecule has 1 aromatic heterocycles. The lowest BCUT2D eigenvalue weighted by Crippen LogP contribution is -2.32. The molecular formula is C19H31N5. The molecule has 1 aliphatic rings. The maximum absolute atomic E-state index is 6.35. The van der Waals surface area contributed by atoms with Gasteiger partial charge in [0, 0.05) is 25.6 Å². The van der Waals surface area contributed by atoms with Crippen LogP contribution in [0.15, 0.2) is 12.1 Å². The van der Waals surface area contributed by atoms with Crippen LogP contribution in [-0.2, 0) is 0 Å². The highest BCUT2D eigenvalue weighted by Gasteiger charge is 2.20. The molecule has 0 atom stereocenters. The summed E-state index contributed by atoms with van der Waals surface area (Å²) in [6.45, 7) is 5.11. The largest absolute Gasteiger partial charge is 0.397 e. The van der Waals surface area contributed by atoms with Crippen molar-refractivity contribution in [3.05, 3.63) is 18.0 Å². The number of nitrogens with one attached hydrogen (secondary N) is 1. The van der Waals surface area contributed by atoms with E-state index in [4.69, 9.17) is 10.7 Å². The Balaban J connectivity index is 1.87. The topological polar surface area (TPSA) is 61.2 Å². The first-order valence-corrected chi connectivity index (χ1v) is 9.27. The normalized spacial score (nSPS) is 16.2. The van der Waals surface area contributed by atoms with Crippen molar-refractivity contribution in [1.29, 1.82) is 0 Å². The number of H-pyrrole nitrogens is 1. The van der Waals surface area contributed by atoms with Crippen molar-refractivity contribution in [2.45, 2.75) is 44.9 Å². The Hall–Kier alpha value is -1.75. The zero-order chi connectivity index (χ0) is 17.1. The van der Waals surface area contributed by atoms with Gasteiger partial charge in [0.05, 0.1) is 22.4 Å². The van der Waals surface area contributed by atoms with Crippen LogP contribution in [-0.4, -0.2) is 48.6 Å². The average Bonchev–Trinajstić information content (AvgIpc) is 2.99. The lowest BCUT2D eigenvalue weighted by molar-refractivity contribution is 0.414. The van der Waals surface area contributed by atoms with Gasteiger partial charge in [0.15, 0.2) is 0 Å². The van der Waals surface area contributed by atoms with Crippen LogP contribution in [0.25, 0.3) is 11.0 Å². The number of benzene rings is 1. The second-order valence-electron chi connectivity index (χ2n) is 7.27. The zero-order valence-corrected chi connectivity index (χ0v) is 15.3. The number of hydrogen-bond acceptors (Lipinski definition) is 4. The van der Waals surface area contributed by atoms with Crippen molar-refractivity contribution in [3.8, 4) is 0 Å². The number of rotatable bonds is 6. The molecule has 2 aromatic rings. The molecule has 0 amide bonds. The van der Waals surface area contributed by atoms with Crippen LogP contribution < -0.4 is 10.6 Å². The number of likely N-dealkylation sites (N-methyl/N-ethyl adjacent to an activating group) is 2. The third-order valence-electron chi connectivity index (χ3n) is 5.18. The SMILES string of the molecule is CCN(CCN(C)C)c1cc2nc(C3CCCCC3)[nH]c2cc1N. The van der Waals surface area contributed by atoms with Gasteiger partial charge in [0.1, 0.15) is 5.82 Å². The van der Waals surface area contributed by atoms with Gasteiger partial charge >= 0.3 is 0 Å². The molecule has 1 aromatic carbocycles. The number of hydrogen-bond donors (Lipinski definition) is 2. The van der Waals surface area contributed by atoms with Crippen molar-refractivity contribution < 1.29 is 0 Å². The smallest absolute Gasteiger partial charge is 0.110 e. The predicted molar refractivity (Wildman–Crippen MR) is 103 cm³/mol. The van der Waals surface area contributed by atoms with Crippen molar-refractivity contribution >= 4 is 22.4 Å². The standard InChI is InChI=1S/C19H31N5/c1-4-24(11-10-23(2)3)18-13-17-16(12-15(18)20)21-19(22-17)14-8-6-5-7-9-14/h12-14H,4-11,20H2,1-3H3,(H,21,22). The Labute approximate surface area is 145 Å². The van der Waals surface area contributed by atoms with Crippen LogP contribution in [0.4, 0.5) is 11.4 Å². The molecule has 0 radical (unpaired) electrons. The minimum absolute atomic E-state index is 0.590. The molecule has 1 aliphatic carbocycles. The maximum Gasteiger partial charge on any atom is 0.110 e. The fourth-order valence-corrected chi connectivity index (χ4v) is 3.70. The summed E-state index contributed by atoms with van der Waals surface area (Å²) < 4.78 is 0. The molecule has 132 valence electrons. The van der Waals surface area contributed by atoms with E-state index in [2.05, 4.69) is 47.9 Å². The minimum Gasteiger partial charge on any atom is -0.397 e. The molecule has 3 N–H and O–H groups in total. The molecule has 1 heterocycles. The number of nitrogen functional groups attached to an aromatic ring is 1. The lowest BCUT2D eigenvalue weighted by atomic mass is 9.89. The van der Waals surface area contributed by atoms with Crippen molar-refractivity contribution in [2.75, 3.05) is 44.4 Å². The summed E-state index contributed by atoms with van der Waals surface area (Å²) in [6.07, 6.45) is 6.52. The summed E-state index contributed by atoms with van der Waals surface area (Å²) in [5.41, 5.74) is 10.4. The highest BCUT2D eigenvalue weighted by Crippen LogP contribution is 2.34. The Morgan fingerprint density at radius 2 is 1.92 bits per heavy atom. The third-order valence-corrected chi connectivity index (χ3v) is 5.18. The third kappa shape index (κ3) is 3.66. The summed E-state index contributed by atoms with van der Waals surface area (Å²) in [6, 6.07) is 4.22. The van der Waals surface area contributed by atoms with E-state index in [0.717, 1.165) is 47.9 Å². The molecule has 0 spiro atoms. The summed E-state index contributed by atoms with van der Waals surface area (Å²) in [4.78, 5) is 13.0. The Bertz CT molecular complexity index is 670. The molecule has 0 bridgehead atoms. The monoisotopic (exact) mass is 329 g/mol. The van der Waals surface area contributed by atoms with Crippen LogP contribution in [0.5, 0.6) is 0 Å². The van der Waals surface area contributed by atoms with Gasteiger partial charge in [-0.2, -0.15) is 0 Å². The first-order valence-electron chi connectivity index (χ1n) is 9.27. The van der Waals surface area contributed by atoms with E-state index in [1.807, 2.05) is 0 Å². The molecular weight excluding hydrogens is 298 g/mol. The first-order chi connectivity index (χ1) is 11.6. The number of anilines is 2. The van der Waals surface area contributed by atoms with E-state index in [9.17, 15) is 0 Å². The fourth-order valence-electron chi connectivity index (χ4n) is 3.70. The van der Waals surface area contributed by atoms with Crippen LogP contribution >= 0.6 is 0 Å². The average molecular weight is 329 g/mol. The highest BCUT2D eigenvalue weighted by atomic mass is 15.2. The van der Waals surface area contributed by atoms with Crippen LogP contribution in [0.1, 0.15) is 50.8 Å². The van der Waals surface area contributed by atoms with E-state index in [-0.39, 0.29) is 0 Å². The number of imidazole rings is 1. The van der Waals surface area contributed by atoms with Gasteiger partial charge in [0.25, 0.3) is 0 Å².